The van der Waals surface area contributed by atoms with Gasteiger partial charge in [0, 0.05) is 45.7 Å². The van der Waals surface area contributed by atoms with Gasteiger partial charge in [-0.3, -0.25) is 13.9 Å². The van der Waals surface area contributed by atoms with Crippen LogP contribution in [0, 0.1) is 0 Å². The molecule has 3 aromatic rings. The lowest BCUT2D eigenvalue weighted by Gasteiger charge is -2.31. The van der Waals surface area contributed by atoms with Crippen LogP contribution in [0.2, 0.25) is 0 Å². The van der Waals surface area contributed by atoms with Crippen molar-refractivity contribution in [2.75, 3.05) is 18.0 Å². The number of aryl methyl sites for hydroxylation is 2. The summed E-state index contributed by atoms with van der Waals surface area (Å²) in [5.41, 5.74) is 9.34. The Bertz CT molecular complexity index is 1380. The first kappa shape index (κ1) is 24.7. The van der Waals surface area contributed by atoms with E-state index in [4.69, 9.17) is 10.7 Å². The van der Waals surface area contributed by atoms with E-state index in [9.17, 15) is 14.4 Å². The smallest absolute Gasteiger partial charge is 0.332 e. The Kier molecular flexibility index (Phi) is 7.35. The molecule has 0 radical (unpaired) electrons. The highest BCUT2D eigenvalue weighted by Gasteiger charge is 2.26. The largest absolute Gasteiger partial charge is 0.341 e. The van der Waals surface area contributed by atoms with Crippen molar-refractivity contribution in [1.82, 2.24) is 18.7 Å². The second-order valence-electron chi connectivity index (χ2n) is 9.56. The van der Waals surface area contributed by atoms with Gasteiger partial charge in [-0.25, -0.2) is 4.79 Å². The quantitative estimate of drug-likeness (QED) is 0.391. The minimum absolute atomic E-state index is 0.0518. The molecule has 3 heterocycles. The summed E-state index contributed by atoms with van der Waals surface area (Å²) in [5.74, 6) is 0.680. The van der Waals surface area contributed by atoms with E-state index in [-0.39, 0.29) is 23.8 Å². The number of carbonyl (C=O) groups is 1. The normalized spacial score (nSPS) is 16.0. The average Bonchev–Trinajstić information content (AvgIpc) is 3.22. The van der Waals surface area contributed by atoms with Crippen molar-refractivity contribution >= 4 is 23.4 Å². The molecule has 9 heteroatoms. The number of fused-ring (bicyclic) bond motifs is 1. The standard InChI is InChI=1S/C26H34N6O3/c1-18(2)9-13-31-22-23(28-25(31)30-12-5-8-21(27)17-30)29(3)26(35)32(24(22)34)14-10-19-6-4-7-20(16-19)11-15-33/h4,6-7,9,15-16,21H,5,8,10-14,17,27H2,1-3H3. The summed E-state index contributed by atoms with van der Waals surface area (Å²) < 4.78 is 4.68. The Morgan fingerprint density at radius 2 is 1.97 bits per heavy atom. The summed E-state index contributed by atoms with van der Waals surface area (Å²) in [6.07, 6.45) is 5.69. The Balaban J connectivity index is 1.80. The fraction of sp³-hybridized carbons (Fsp3) is 0.462. The molecule has 0 aliphatic carbocycles. The van der Waals surface area contributed by atoms with Gasteiger partial charge in [-0.05, 0) is 44.2 Å². The summed E-state index contributed by atoms with van der Waals surface area (Å²) in [7, 11) is 1.66. The molecule has 0 saturated carbocycles. The number of carbonyl (C=O) groups excluding carboxylic acids is 1. The van der Waals surface area contributed by atoms with Crippen molar-refractivity contribution in [3.05, 3.63) is 67.9 Å². The number of nitrogens with two attached hydrogens (primary N) is 1. The SMILES string of the molecule is CC(C)=CCn1c(N2CCCC(N)C2)nc2c1c(=O)n(CCc1cccc(CC=O)c1)c(=O)n2C. The molecular weight excluding hydrogens is 444 g/mol. The van der Waals surface area contributed by atoms with Crippen LogP contribution in [0.5, 0.6) is 0 Å². The van der Waals surface area contributed by atoms with Gasteiger partial charge in [-0.2, -0.15) is 4.98 Å². The predicted octanol–water partition coefficient (Wildman–Crippen LogP) is 1.77. The van der Waals surface area contributed by atoms with Crippen molar-refractivity contribution in [3.8, 4) is 0 Å². The van der Waals surface area contributed by atoms with Crippen molar-refractivity contribution in [2.45, 2.75) is 58.7 Å². The number of imidazole rings is 1. The van der Waals surface area contributed by atoms with Crippen LogP contribution in [0.25, 0.3) is 11.2 Å². The minimum atomic E-state index is -0.389. The second kappa shape index (κ2) is 10.4. The number of rotatable bonds is 8. The second-order valence-corrected chi connectivity index (χ2v) is 9.56. The summed E-state index contributed by atoms with van der Waals surface area (Å²) in [6.45, 7) is 6.23. The number of anilines is 1. The van der Waals surface area contributed by atoms with E-state index in [1.165, 1.54) is 9.13 Å². The Hall–Kier alpha value is -3.46. The zero-order valence-electron chi connectivity index (χ0n) is 20.7. The van der Waals surface area contributed by atoms with Gasteiger partial charge in [-0.15, -0.1) is 0 Å². The molecule has 1 atom stereocenters. The monoisotopic (exact) mass is 478 g/mol. The molecule has 2 N–H and O–H groups in total. The van der Waals surface area contributed by atoms with E-state index >= 15 is 0 Å². The highest BCUT2D eigenvalue weighted by Crippen LogP contribution is 2.23. The van der Waals surface area contributed by atoms with E-state index < -0.39 is 0 Å². The Morgan fingerprint density at radius 1 is 1.20 bits per heavy atom. The zero-order valence-corrected chi connectivity index (χ0v) is 20.7. The lowest BCUT2D eigenvalue weighted by molar-refractivity contribution is -0.107. The molecule has 1 unspecified atom stereocenters. The molecule has 1 aromatic carbocycles. The minimum Gasteiger partial charge on any atom is -0.341 e. The van der Waals surface area contributed by atoms with E-state index in [0.717, 1.165) is 42.4 Å². The van der Waals surface area contributed by atoms with Gasteiger partial charge in [0.1, 0.15) is 6.29 Å². The first-order valence-electron chi connectivity index (χ1n) is 12.2. The lowest BCUT2D eigenvalue weighted by atomic mass is 10.1. The van der Waals surface area contributed by atoms with Crippen molar-refractivity contribution in [1.29, 1.82) is 0 Å². The Morgan fingerprint density at radius 3 is 2.69 bits per heavy atom. The predicted molar refractivity (Wildman–Crippen MR) is 138 cm³/mol. The van der Waals surface area contributed by atoms with Crippen LogP contribution in [-0.2, 0) is 37.8 Å². The third-order valence-corrected chi connectivity index (χ3v) is 6.57. The van der Waals surface area contributed by atoms with Crippen LogP contribution in [-0.4, -0.2) is 44.1 Å². The van der Waals surface area contributed by atoms with Crippen LogP contribution in [0.4, 0.5) is 5.95 Å². The number of aromatic nitrogens is 4. The molecule has 0 amide bonds. The summed E-state index contributed by atoms with van der Waals surface area (Å²) >= 11 is 0. The molecule has 1 aliphatic heterocycles. The van der Waals surface area contributed by atoms with E-state index in [2.05, 4.69) is 11.0 Å². The molecule has 35 heavy (non-hydrogen) atoms. The molecule has 1 saturated heterocycles. The number of benzene rings is 1. The maximum Gasteiger partial charge on any atom is 0.332 e. The van der Waals surface area contributed by atoms with Crippen LogP contribution < -0.4 is 21.9 Å². The van der Waals surface area contributed by atoms with Crippen LogP contribution >= 0.6 is 0 Å². The van der Waals surface area contributed by atoms with Gasteiger partial charge in [0.05, 0.1) is 0 Å². The molecule has 1 fully saturated rings. The number of nitrogens with zero attached hydrogens (tertiary/aromatic N) is 5. The molecule has 186 valence electrons. The van der Waals surface area contributed by atoms with Crippen LogP contribution in [0.15, 0.2) is 45.5 Å². The third-order valence-electron chi connectivity index (χ3n) is 6.57. The topological polar surface area (TPSA) is 108 Å². The van der Waals surface area contributed by atoms with Gasteiger partial charge in [0.15, 0.2) is 11.2 Å². The highest BCUT2D eigenvalue weighted by atomic mass is 16.2. The maximum atomic E-state index is 13.7. The summed E-state index contributed by atoms with van der Waals surface area (Å²) in [5, 5.41) is 0. The number of hydrogen-bond acceptors (Lipinski definition) is 6. The summed E-state index contributed by atoms with van der Waals surface area (Å²) in [6, 6.07) is 7.72. The van der Waals surface area contributed by atoms with E-state index in [1.54, 1.807) is 7.05 Å². The molecule has 1 aliphatic rings. The molecule has 2 aromatic heterocycles. The van der Waals surface area contributed by atoms with Gasteiger partial charge >= 0.3 is 5.69 Å². The summed E-state index contributed by atoms with van der Waals surface area (Å²) in [4.78, 5) is 44.7. The van der Waals surface area contributed by atoms with Crippen molar-refractivity contribution in [2.24, 2.45) is 12.8 Å². The van der Waals surface area contributed by atoms with Gasteiger partial charge < -0.3 is 20.0 Å². The fourth-order valence-electron chi connectivity index (χ4n) is 4.69. The zero-order chi connectivity index (χ0) is 25.1. The molecular formula is C26H34N6O3. The molecule has 0 bridgehead atoms. The molecule has 9 nitrogen and oxygen atoms in total. The first-order valence-corrected chi connectivity index (χ1v) is 12.2. The fourth-order valence-corrected chi connectivity index (χ4v) is 4.69. The van der Waals surface area contributed by atoms with Gasteiger partial charge in [0.2, 0.25) is 5.95 Å². The van der Waals surface area contributed by atoms with Crippen molar-refractivity contribution in [3.63, 3.8) is 0 Å². The number of piperidine rings is 1. The van der Waals surface area contributed by atoms with Crippen molar-refractivity contribution < 1.29 is 4.79 Å². The first-order chi connectivity index (χ1) is 16.8. The van der Waals surface area contributed by atoms with Crippen LogP contribution in [0.3, 0.4) is 0 Å². The number of allylic oxidation sites excluding steroid dienone is 2. The number of hydrogen-bond donors (Lipinski definition) is 1. The third kappa shape index (κ3) is 5.14. The Labute approximate surface area is 204 Å². The van der Waals surface area contributed by atoms with Gasteiger partial charge in [-0.1, -0.05) is 35.9 Å². The average molecular weight is 479 g/mol. The maximum absolute atomic E-state index is 13.7. The molecule has 4 rings (SSSR count). The lowest BCUT2D eigenvalue weighted by Crippen LogP contribution is -2.44. The molecule has 0 spiro atoms. The van der Waals surface area contributed by atoms with Crippen LogP contribution in [0.1, 0.15) is 37.8 Å². The van der Waals surface area contributed by atoms with E-state index in [1.807, 2.05) is 42.7 Å². The highest BCUT2D eigenvalue weighted by molar-refractivity contribution is 5.74. The number of aldehydes is 1. The van der Waals surface area contributed by atoms with Gasteiger partial charge in [0.25, 0.3) is 5.56 Å². The van der Waals surface area contributed by atoms with E-state index in [0.29, 0.717) is 43.0 Å².